The first-order valence-corrected chi connectivity index (χ1v) is 5.00. The molecular weight excluding hydrogens is 240 g/mol. The summed E-state index contributed by atoms with van der Waals surface area (Å²) < 4.78 is 31.1. The fourth-order valence-electron chi connectivity index (χ4n) is 1.08. The lowest BCUT2D eigenvalue weighted by Crippen LogP contribution is -2.13. The third kappa shape index (κ3) is 3.06. The first kappa shape index (κ1) is 12.7. The molecule has 0 bridgehead atoms. The summed E-state index contributed by atoms with van der Waals surface area (Å²) in [4.78, 5) is 11.1. The number of alkyl halides is 1. The van der Waals surface area contributed by atoms with Crippen LogP contribution >= 0.6 is 11.6 Å². The van der Waals surface area contributed by atoms with E-state index in [9.17, 15) is 13.6 Å². The van der Waals surface area contributed by atoms with Gasteiger partial charge in [0, 0.05) is 24.4 Å². The van der Waals surface area contributed by atoms with E-state index < -0.39 is 17.5 Å². The van der Waals surface area contributed by atoms with Crippen LogP contribution in [0.25, 0.3) is 0 Å². The van der Waals surface area contributed by atoms with Crippen LogP contribution in [0.1, 0.15) is 6.42 Å². The van der Waals surface area contributed by atoms with E-state index in [0.717, 1.165) is 12.1 Å². The third-order valence-electron chi connectivity index (χ3n) is 1.84. The van der Waals surface area contributed by atoms with E-state index in [4.69, 9.17) is 11.6 Å². The maximum Gasteiger partial charge on any atom is 0.225 e. The predicted molar refractivity (Wildman–Crippen MR) is 56.9 cm³/mol. The van der Waals surface area contributed by atoms with Gasteiger partial charge in [0.25, 0.3) is 0 Å². The van der Waals surface area contributed by atoms with Gasteiger partial charge >= 0.3 is 0 Å². The summed E-state index contributed by atoms with van der Waals surface area (Å²) in [6.07, 6.45) is 0.0364. The molecule has 0 aliphatic rings. The molecule has 0 aliphatic carbocycles. The number of ether oxygens (including phenoxy) is 1. The first-order valence-electron chi connectivity index (χ1n) is 4.47. The van der Waals surface area contributed by atoms with Gasteiger partial charge in [-0.3, -0.25) is 4.79 Å². The number of amides is 1. The van der Waals surface area contributed by atoms with E-state index in [1.807, 2.05) is 0 Å². The summed E-state index contributed by atoms with van der Waals surface area (Å²) in [5.41, 5.74) is -0.228. The molecule has 1 rings (SSSR count). The first-order chi connectivity index (χ1) is 7.58. The second-order valence-corrected chi connectivity index (χ2v) is 3.33. The van der Waals surface area contributed by atoms with Crippen molar-refractivity contribution in [1.82, 2.24) is 0 Å². The summed E-state index contributed by atoms with van der Waals surface area (Å²) in [6.45, 7) is 0. The van der Waals surface area contributed by atoms with Crippen molar-refractivity contribution in [2.24, 2.45) is 0 Å². The molecule has 0 aromatic heterocycles. The molecule has 88 valence electrons. The predicted octanol–water partition coefficient (Wildman–Crippen LogP) is 2.54. The highest BCUT2D eigenvalue weighted by Crippen LogP contribution is 2.24. The van der Waals surface area contributed by atoms with Gasteiger partial charge in [-0.05, 0) is 0 Å². The Kier molecular flexibility index (Phi) is 4.49. The molecule has 0 fully saturated rings. The molecule has 1 aromatic carbocycles. The summed E-state index contributed by atoms with van der Waals surface area (Å²) in [6, 6.07) is 1.73. The van der Waals surface area contributed by atoms with E-state index in [1.165, 1.54) is 7.11 Å². The van der Waals surface area contributed by atoms with Gasteiger partial charge in [0.05, 0.1) is 12.8 Å². The second kappa shape index (κ2) is 5.65. The van der Waals surface area contributed by atoms with Crippen LogP contribution in [-0.4, -0.2) is 18.9 Å². The van der Waals surface area contributed by atoms with Crippen LogP contribution in [0.3, 0.4) is 0 Å². The fourth-order valence-corrected chi connectivity index (χ4v) is 1.25. The second-order valence-electron chi connectivity index (χ2n) is 2.95. The molecule has 1 N–H and O–H groups in total. The van der Waals surface area contributed by atoms with Crippen molar-refractivity contribution >= 4 is 23.2 Å². The average Bonchev–Trinajstić information content (AvgIpc) is 2.23. The standard InChI is InChI=1S/C10H10ClF2NO2/c1-16-9-5-6(12)8(4-7(9)13)14-10(15)2-3-11/h4-5H,2-3H2,1H3,(H,14,15). The molecule has 0 unspecified atom stereocenters. The fraction of sp³-hybridized carbons (Fsp3) is 0.300. The molecule has 6 heteroatoms. The Morgan fingerprint density at radius 1 is 1.44 bits per heavy atom. The minimum atomic E-state index is -0.763. The van der Waals surface area contributed by atoms with Gasteiger partial charge in [-0.1, -0.05) is 0 Å². The number of benzene rings is 1. The number of nitrogens with one attached hydrogen (secondary N) is 1. The maximum absolute atomic E-state index is 13.3. The molecule has 0 heterocycles. The summed E-state index contributed by atoms with van der Waals surface area (Å²) in [5, 5.41) is 2.21. The van der Waals surface area contributed by atoms with Crippen molar-refractivity contribution < 1.29 is 18.3 Å². The molecular formula is C10H10ClF2NO2. The molecule has 1 aromatic rings. The molecule has 0 aliphatic heterocycles. The highest BCUT2D eigenvalue weighted by atomic mass is 35.5. The summed E-state index contributed by atoms with van der Waals surface area (Å²) in [5.74, 6) is -2.08. The van der Waals surface area contributed by atoms with Crippen molar-refractivity contribution in [2.75, 3.05) is 18.3 Å². The highest BCUT2D eigenvalue weighted by Gasteiger charge is 2.12. The smallest absolute Gasteiger partial charge is 0.225 e. The van der Waals surface area contributed by atoms with E-state index in [1.54, 1.807) is 0 Å². The zero-order valence-electron chi connectivity index (χ0n) is 8.52. The number of carbonyl (C=O) groups is 1. The molecule has 0 atom stereocenters. The van der Waals surface area contributed by atoms with Crippen LogP contribution < -0.4 is 10.1 Å². The van der Waals surface area contributed by atoms with Gasteiger partial charge in [0.15, 0.2) is 17.4 Å². The van der Waals surface area contributed by atoms with E-state index in [-0.39, 0.29) is 23.7 Å². The number of hydrogen-bond acceptors (Lipinski definition) is 2. The Morgan fingerprint density at radius 3 is 2.69 bits per heavy atom. The van der Waals surface area contributed by atoms with Crippen LogP contribution in [0, 0.1) is 11.6 Å². The molecule has 0 saturated carbocycles. The quantitative estimate of drug-likeness (QED) is 0.833. The Hall–Kier alpha value is -1.36. The number of hydrogen-bond donors (Lipinski definition) is 1. The van der Waals surface area contributed by atoms with Gasteiger partial charge < -0.3 is 10.1 Å². The lowest BCUT2D eigenvalue weighted by molar-refractivity contribution is -0.115. The van der Waals surface area contributed by atoms with Gasteiger partial charge in [-0.25, -0.2) is 8.78 Å². The van der Waals surface area contributed by atoms with Crippen molar-refractivity contribution in [3.05, 3.63) is 23.8 Å². The lowest BCUT2D eigenvalue weighted by Gasteiger charge is -2.08. The van der Waals surface area contributed by atoms with Gasteiger partial charge in [0.2, 0.25) is 5.91 Å². The zero-order chi connectivity index (χ0) is 12.1. The van der Waals surface area contributed by atoms with Crippen LogP contribution in [0.2, 0.25) is 0 Å². The van der Waals surface area contributed by atoms with Gasteiger partial charge in [0.1, 0.15) is 0 Å². The normalized spacial score (nSPS) is 10.0. The molecule has 0 radical (unpaired) electrons. The molecule has 16 heavy (non-hydrogen) atoms. The number of anilines is 1. The van der Waals surface area contributed by atoms with Crippen molar-refractivity contribution in [3.63, 3.8) is 0 Å². The van der Waals surface area contributed by atoms with E-state index in [2.05, 4.69) is 10.1 Å². The van der Waals surface area contributed by atoms with Gasteiger partial charge in [-0.2, -0.15) is 0 Å². The van der Waals surface area contributed by atoms with Crippen LogP contribution in [-0.2, 0) is 4.79 Å². The largest absolute Gasteiger partial charge is 0.494 e. The van der Waals surface area contributed by atoms with Crippen molar-refractivity contribution in [1.29, 1.82) is 0 Å². The van der Waals surface area contributed by atoms with Crippen LogP contribution in [0.5, 0.6) is 5.75 Å². The molecule has 0 spiro atoms. The lowest BCUT2D eigenvalue weighted by atomic mass is 10.2. The third-order valence-corrected chi connectivity index (χ3v) is 2.03. The van der Waals surface area contributed by atoms with Crippen molar-refractivity contribution in [3.8, 4) is 5.75 Å². The summed E-state index contributed by atoms with van der Waals surface area (Å²) in [7, 11) is 1.23. The number of halogens is 3. The van der Waals surface area contributed by atoms with Crippen LogP contribution in [0.15, 0.2) is 12.1 Å². The Bertz CT molecular complexity index is 399. The van der Waals surface area contributed by atoms with Gasteiger partial charge in [-0.15, -0.1) is 11.6 Å². The summed E-state index contributed by atoms with van der Waals surface area (Å²) >= 11 is 5.33. The Balaban J connectivity index is 2.89. The minimum absolute atomic E-state index is 0.0364. The maximum atomic E-state index is 13.3. The van der Waals surface area contributed by atoms with Crippen molar-refractivity contribution in [2.45, 2.75) is 6.42 Å². The highest BCUT2D eigenvalue weighted by molar-refractivity contribution is 6.19. The Labute approximate surface area is 96.4 Å². The van der Waals surface area contributed by atoms with E-state index in [0.29, 0.717) is 0 Å². The van der Waals surface area contributed by atoms with E-state index >= 15 is 0 Å². The minimum Gasteiger partial charge on any atom is -0.494 e. The number of rotatable bonds is 4. The number of methoxy groups -OCH3 is 1. The molecule has 0 saturated heterocycles. The van der Waals surface area contributed by atoms with Crippen LogP contribution in [0.4, 0.5) is 14.5 Å². The monoisotopic (exact) mass is 249 g/mol. The Morgan fingerprint density at radius 2 is 2.12 bits per heavy atom. The topological polar surface area (TPSA) is 38.3 Å². The zero-order valence-corrected chi connectivity index (χ0v) is 9.28. The molecule has 3 nitrogen and oxygen atoms in total. The molecule has 1 amide bonds. The number of carbonyl (C=O) groups excluding carboxylic acids is 1. The SMILES string of the molecule is COc1cc(F)c(NC(=O)CCCl)cc1F. The average molecular weight is 250 g/mol.